The number of aromatic nitrogens is 3. The minimum atomic E-state index is -1.10. The third-order valence-electron chi connectivity index (χ3n) is 2.82. The molecule has 0 aliphatic heterocycles. The van der Waals surface area contributed by atoms with E-state index < -0.39 is 13.9 Å². The number of nitrogens with zero attached hydrogens (tertiary/aromatic N) is 3. The van der Waals surface area contributed by atoms with Crippen molar-refractivity contribution in [3.05, 3.63) is 21.2 Å². The van der Waals surface area contributed by atoms with E-state index in [1.165, 1.54) is 6.07 Å². The Bertz CT molecular complexity index is 627. The molecule has 0 aromatic carbocycles. The van der Waals surface area contributed by atoms with Crippen LogP contribution in [-0.4, -0.2) is 29.2 Å². The second-order valence-corrected chi connectivity index (χ2v) is 12.8. The van der Waals surface area contributed by atoms with Crippen LogP contribution in [0.4, 0.5) is 4.39 Å². The maximum atomic E-state index is 13.6. The van der Waals surface area contributed by atoms with Gasteiger partial charge < -0.3 is 4.74 Å². The van der Waals surface area contributed by atoms with Crippen LogP contribution in [-0.2, 0) is 11.5 Å². The van der Waals surface area contributed by atoms with E-state index in [9.17, 15) is 4.39 Å². The Labute approximate surface area is 135 Å². The molecule has 0 fully saturated rings. The fraction of sp³-hybridized carbons (Fsp3) is 0.500. The van der Waals surface area contributed by atoms with Crippen LogP contribution < -0.4 is 0 Å². The standard InChI is InChI=1S/C12H16Br2FN3OSi/c1-20(2,3)5-4-19-7-18-9-6-8(15)10(13)16-11(9)17-12(18)14/h6H,4-5,7H2,1-3H3. The summed E-state index contributed by atoms with van der Waals surface area (Å²) in [5, 5.41) is 0. The molecule has 0 saturated heterocycles. The summed E-state index contributed by atoms with van der Waals surface area (Å²) in [5.41, 5.74) is 1.10. The van der Waals surface area contributed by atoms with Crippen molar-refractivity contribution >= 4 is 51.1 Å². The Morgan fingerprint density at radius 3 is 2.65 bits per heavy atom. The molecule has 20 heavy (non-hydrogen) atoms. The summed E-state index contributed by atoms with van der Waals surface area (Å²) in [5.74, 6) is -0.409. The molecule has 0 amide bonds. The van der Waals surface area contributed by atoms with Gasteiger partial charge in [-0.25, -0.2) is 14.4 Å². The van der Waals surface area contributed by atoms with E-state index in [-0.39, 0.29) is 4.60 Å². The lowest BCUT2D eigenvalue weighted by Gasteiger charge is -2.15. The normalized spacial score (nSPS) is 12.3. The van der Waals surface area contributed by atoms with Crippen molar-refractivity contribution in [2.75, 3.05) is 6.61 Å². The quantitative estimate of drug-likeness (QED) is 0.405. The SMILES string of the molecule is C[Si](C)(C)CCOCn1c(Br)nc2nc(Br)c(F)cc21. The van der Waals surface area contributed by atoms with Gasteiger partial charge in [0.1, 0.15) is 11.3 Å². The fourth-order valence-corrected chi connectivity index (χ4v) is 3.13. The Kier molecular flexibility index (Phi) is 4.99. The van der Waals surface area contributed by atoms with Crippen molar-refractivity contribution in [2.24, 2.45) is 0 Å². The Balaban J connectivity index is 2.14. The topological polar surface area (TPSA) is 39.9 Å². The third kappa shape index (κ3) is 3.87. The highest BCUT2D eigenvalue weighted by Crippen LogP contribution is 2.23. The van der Waals surface area contributed by atoms with Crippen molar-refractivity contribution in [3.8, 4) is 0 Å². The number of imidazole rings is 1. The van der Waals surface area contributed by atoms with Crippen LogP contribution in [0.2, 0.25) is 25.7 Å². The van der Waals surface area contributed by atoms with Gasteiger partial charge in [0.15, 0.2) is 16.2 Å². The number of rotatable bonds is 5. The number of hydrogen-bond donors (Lipinski definition) is 0. The molecule has 0 atom stereocenters. The monoisotopic (exact) mass is 423 g/mol. The highest BCUT2D eigenvalue weighted by atomic mass is 79.9. The van der Waals surface area contributed by atoms with Gasteiger partial charge in [0, 0.05) is 20.7 Å². The van der Waals surface area contributed by atoms with Crippen LogP contribution in [0.15, 0.2) is 15.4 Å². The maximum Gasteiger partial charge on any atom is 0.181 e. The van der Waals surface area contributed by atoms with E-state index in [4.69, 9.17) is 4.74 Å². The van der Waals surface area contributed by atoms with Crippen molar-refractivity contribution in [1.82, 2.24) is 14.5 Å². The summed E-state index contributed by atoms with van der Waals surface area (Å²) < 4.78 is 21.8. The molecule has 0 saturated carbocycles. The zero-order valence-electron chi connectivity index (χ0n) is 11.6. The first-order valence-electron chi connectivity index (χ1n) is 6.23. The second kappa shape index (κ2) is 6.21. The number of pyridine rings is 1. The maximum absolute atomic E-state index is 13.6. The number of fused-ring (bicyclic) bond motifs is 1. The first-order valence-corrected chi connectivity index (χ1v) is 11.5. The molecule has 2 heterocycles. The van der Waals surface area contributed by atoms with E-state index in [1.807, 2.05) is 0 Å². The van der Waals surface area contributed by atoms with Crippen LogP contribution in [0.25, 0.3) is 11.2 Å². The van der Waals surface area contributed by atoms with Crippen molar-refractivity contribution < 1.29 is 9.13 Å². The summed E-state index contributed by atoms with van der Waals surface area (Å²) in [6, 6.07) is 2.50. The molecule has 110 valence electrons. The summed E-state index contributed by atoms with van der Waals surface area (Å²) in [4.78, 5) is 8.30. The lowest BCUT2D eigenvalue weighted by atomic mass is 10.4. The molecule has 2 rings (SSSR count). The van der Waals surface area contributed by atoms with Crippen LogP contribution >= 0.6 is 31.9 Å². The van der Waals surface area contributed by atoms with Crippen molar-refractivity contribution in [2.45, 2.75) is 32.4 Å². The molecule has 8 heteroatoms. The molecular formula is C12H16Br2FN3OSi. The number of hydrogen-bond acceptors (Lipinski definition) is 3. The van der Waals surface area contributed by atoms with Gasteiger partial charge in [-0.05, 0) is 37.9 Å². The molecule has 0 spiro atoms. The highest BCUT2D eigenvalue weighted by Gasteiger charge is 2.15. The first-order chi connectivity index (χ1) is 9.28. The van der Waals surface area contributed by atoms with Gasteiger partial charge >= 0.3 is 0 Å². The summed E-state index contributed by atoms with van der Waals surface area (Å²) in [6.45, 7) is 7.94. The molecule has 2 aromatic heterocycles. The Morgan fingerprint density at radius 2 is 2.00 bits per heavy atom. The third-order valence-corrected chi connectivity index (χ3v) is 5.69. The van der Waals surface area contributed by atoms with E-state index in [2.05, 4.69) is 61.5 Å². The van der Waals surface area contributed by atoms with Crippen LogP contribution in [0.3, 0.4) is 0 Å². The summed E-state index contributed by atoms with van der Waals surface area (Å²) in [6.07, 6.45) is 0. The lowest BCUT2D eigenvalue weighted by molar-refractivity contribution is 0.0883. The predicted molar refractivity (Wildman–Crippen MR) is 87.0 cm³/mol. The summed E-state index contributed by atoms with van der Waals surface area (Å²) >= 11 is 6.41. The molecule has 0 N–H and O–H groups in total. The molecule has 0 bridgehead atoms. The number of halogens is 3. The first kappa shape index (κ1) is 16.1. The van der Waals surface area contributed by atoms with Gasteiger partial charge in [0.25, 0.3) is 0 Å². The van der Waals surface area contributed by atoms with Crippen molar-refractivity contribution in [3.63, 3.8) is 0 Å². The molecule has 0 aliphatic carbocycles. The minimum absolute atomic E-state index is 0.168. The molecule has 4 nitrogen and oxygen atoms in total. The Morgan fingerprint density at radius 1 is 1.30 bits per heavy atom. The summed E-state index contributed by atoms with van der Waals surface area (Å²) in [7, 11) is -1.10. The fourth-order valence-electron chi connectivity index (χ4n) is 1.63. The smallest absolute Gasteiger partial charge is 0.181 e. The molecule has 0 unspecified atom stereocenters. The molecule has 0 radical (unpaired) electrons. The van der Waals surface area contributed by atoms with Gasteiger partial charge in [-0.3, -0.25) is 4.57 Å². The average molecular weight is 425 g/mol. The predicted octanol–water partition coefficient (Wildman–Crippen LogP) is 4.41. The van der Waals surface area contributed by atoms with E-state index in [0.717, 1.165) is 6.04 Å². The van der Waals surface area contributed by atoms with Crippen molar-refractivity contribution in [1.29, 1.82) is 0 Å². The van der Waals surface area contributed by atoms with Gasteiger partial charge in [0.05, 0.1) is 5.52 Å². The van der Waals surface area contributed by atoms with Gasteiger partial charge in [-0.1, -0.05) is 19.6 Å². The highest BCUT2D eigenvalue weighted by molar-refractivity contribution is 9.10. The van der Waals surface area contributed by atoms with Crippen LogP contribution in [0, 0.1) is 5.82 Å². The zero-order chi connectivity index (χ0) is 14.9. The average Bonchev–Trinajstić information content (AvgIpc) is 2.60. The van der Waals surface area contributed by atoms with Gasteiger partial charge in [0.2, 0.25) is 0 Å². The molecule has 0 aliphatic rings. The number of ether oxygens (including phenoxy) is 1. The van der Waals surface area contributed by atoms with E-state index >= 15 is 0 Å². The van der Waals surface area contributed by atoms with Gasteiger partial charge in [-0.2, -0.15) is 0 Å². The van der Waals surface area contributed by atoms with E-state index in [0.29, 0.717) is 29.2 Å². The van der Waals surface area contributed by atoms with E-state index in [1.54, 1.807) is 4.57 Å². The Hall–Kier alpha value is -0.313. The lowest BCUT2D eigenvalue weighted by Crippen LogP contribution is -2.22. The van der Waals surface area contributed by atoms with Crippen LogP contribution in [0.1, 0.15) is 0 Å². The molecule has 2 aromatic rings. The zero-order valence-corrected chi connectivity index (χ0v) is 15.8. The minimum Gasteiger partial charge on any atom is -0.361 e. The van der Waals surface area contributed by atoms with Gasteiger partial charge in [-0.15, -0.1) is 0 Å². The van der Waals surface area contributed by atoms with Crippen LogP contribution in [0.5, 0.6) is 0 Å². The molecular weight excluding hydrogens is 409 g/mol. The largest absolute Gasteiger partial charge is 0.361 e. The second-order valence-electron chi connectivity index (χ2n) is 5.76.